The highest BCUT2D eigenvalue weighted by molar-refractivity contribution is 5.67. The zero-order valence-electron chi connectivity index (χ0n) is 9.65. The van der Waals surface area contributed by atoms with Crippen molar-refractivity contribution in [3.63, 3.8) is 0 Å². The fourth-order valence-corrected chi connectivity index (χ4v) is 1.89. The highest BCUT2D eigenvalue weighted by Crippen LogP contribution is 2.36. The van der Waals surface area contributed by atoms with Gasteiger partial charge in [0.2, 0.25) is 5.88 Å². The largest absolute Gasteiger partial charge is 0.481 e. The van der Waals surface area contributed by atoms with Gasteiger partial charge in [0.25, 0.3) is 0 Å². The number of amides is 1. The number of rotatable bonds is 3. The Morgan fingerprint density at radius 2 is 2.39 bits per heavy atom. The molecular formula is C10H11N5O3. The van der Waals surface area contributed by atoms with Crippen molar-refractivity contribution >= 4 is 6.09 Å². The van der Waals surface area contributed by atoms with Crippen LogP contribution in [0.1, 0.15) is 5.56 Å². The first-order valence-electron chi connectivity index (χ1n) is 5.16. The van der Waals surface area contributed by atoms with E-state index in [1.165, 1.54) is 18.2 Å². The second-order valence-electron chi connectivity index (χ2n) is 3.95. The minimum Gasteiger partial charge on any atom is -0.481 e. The molecule has 0 atom stereocenters. The maximum atomic E-state index is 10.8. The fraction of sp³-hybridized carbons (Fsp3) is 0.400. The van der Waals surface area contributed by atoms with E-state index < -0.39 is 11.6 Å². The van der Waals surface area contributed by atoms with Gasteiger partial charge in [0, 0.05) is 30.3 Å². The van der Waals surface area contributed by atoms with E-state index in [1.807, 2.05) is 0 Å². The Labute approximate surface area is 102 Å². The highest BCUT2D eigenvalue weighted by atomic mass is 16.5. The highest BCUT2D eigenvalue weighted by Gasteiger charge is 2.46. The predicted molar refractivity (Wildman–Crippen MR) is 61.2 cm³/mol. The molecule has 0 aromatic carbocycles. The quantitative estimate of drug-likeness (QED) is 0.498. The minimum absolute atomic E-state index is 0.139. The third-order valence-electron chi connectivity index (χ3n) is 2.89. The number of likely N-dealkylation sites (tertiary alicyclic amines) is 1. The van der Waals surface area contributed by atoms with Crippen LogP contribution in [0.4, 0.5) is 4.79 Å². The molecule has 1 fully saturated rings. The number of ether oxygens (including phenoxy) is 1. The predicted octanol–water partition coefficient (Wildman–Crippen LogP) is 1.59. The normalized spacial score (nSPS) is 16.4. The lowest BCUT2D eigenvalue weighted by Gasteiger charge is -2.45. The number of carbonyl (C=O) groups is 1. The van der Waals surface area contributed by atoms with Gasteiger partial charge in [-0.3, -0.25) is 0 Å². The number of methoxy groups -OCH3 is 1. The first-order valence-corrected chi connectivity index (χ1v) is 5.16. The summed E-state index contributed by atoms with van der Waals surface area (Å²) in [7, 11) is 1.50. The molecule has 0 spiro atoms. The van der Waals surface area contributed by atoms with Crippen LogP contribution in [0.5, 0.6) is 5.88 Å². The van der Waals surface area contributed by atoms with Crippen LogP contribution in [0.15, 0.2) is 23.4 Å². The molecular weight excluding hydrogens is 238 g/mol. The summed E-state index contributed by atoms with van der Waals surface area (Å²) in [6, 6.07) is 3.37. The van der Waals surface area contributed by atoms with Crippen LogP contribution in [-0.4, -0.2) is 41.3 Å². The van der Waals surface area contributed by atoms with E-state index in [1.54, 1.807) is 12.1 Å². The number of nitrogens with zero attached hydrogens (tertiary/aromatic N) is 5. The van der Waals surface area contributed by atoms with E-state index in [9.17, 15) is 4.79 Å². The molecule has 94 valence electrons. The van der Waals surface area contributed by atoms with E-state index in [-0.39, 0.29) is 13.1 Å². The van der Waals surface area contributed by atoms with Gasteiger partial charge in [-0.25, -0.2) is 9.78 Å². The lowest BCUT2D eigenvalue weighted by atomic mass is 9.84. The Bertz CT molecular complexity index is 503. The number of carboxylic acid groups (broad SMARTS) is 1. The summed E-state index contributed by atoms with van der Waals surface area (Å²) < 4.78 is 4.93. The van der Waals surface area contributed by atoms with Crippen LogP contribution in [0, 0.1) is 0 Å². The average molecular weight is 249 g/mol. The lowest BCUT2D eigenvalue weighted by Crippen LogP contribution is -2.59. The Hall–Kier alpha value is -2.47. The smallest absolute Gasteiger partial charge is 0.407 e. The molecule has 1 aromatic heterocycles. The second-order valence-corrected chi connectivity index (χ2v) is 3.95. The zero-order chi connectivity index (χ0) is 13.2. The molecule has 1 amide bonds. The summed E-state index contributed by atoms with van der Waals surface area (Å²) in [5.41, 5.74) is 8.43. The molecule has 18 heavy (non-hydrogen) atoms. The van der Waals surface area contributed by atoms with Gasteiger partial charge >= 0.3 is 6.09 Å². The molecule has 0 unspecified atom stereocenters. The van der Waals surface area contributed by atoms with E-state index in [4.69, 9.17) is 15.4 Å². The van der Waals surface area contributed by atoms with Crippen molar-refractivity contribution in [1.82, 2.24) is 9.88 Å². The lowest BCUT2D eigenvalue weighted by molar-refractivity contribution is 0.0625. The summed E-state index contributed by atoms with van der Waals surface area (Å²) in [6.07, 6.45) is 0.507. The van der Waals surface area contributed by atoms with Crippen molar-refractivity contribution < 1.29 is 14.6 Å². The summed E-state index contributed by atoms with van der Waals surface area (Å²) in [4.78, 5) is 18.8. The average Bonchev–Trinajstić information content (AvgIpc) is 2.33. The van der Waals surface area contributed by atoms with Gasteiger partial charge in [-0.15, -0.1) is 0 Å². The molecule has 0 bridgehead atoms. The summed E-state index contributed by atoms with van der Waals surface area (Å²) >= 11 is 0. The van der Waals surface area contributed by atoms with Crippen molar-refractivity contribution in [2.75, 3.05) is 20.2 Å². The van der Waals surface area contributed by atoms with E-state index in [0.29, 0.717) is 11.4 Å². The van der Waals surface area contributed by atoms with Crippen LogP contribution in [0.25, 0.3) is 10.4 Å². The number of hydrogen-bond acceptors (Lipinski definition) is 4. The molecule has 0 aliphatic carbocycles. The van der Waals surface area contributed by atoms with E-state index >= 15 is 0 Å². The summed E-state index contributed by atoms with van der Waals surface area (Å²) in [5, 5.41) is 12.5. The number of aromatic nitrogens is 1. The SMILES string of the molecule is COc1ccc(C2(N=[N+]=[N-])CN(C(=O)O)C2)cn1. The molecule has 2 rings (SSSR count). The zero-order valence-corrected chi connectivity index (χ0v) is 9.65. The van der Waals surface area contributed by atoms with Gasteiger partial charge in [0.05, 0.1) is 7.11 Å². The van der Waals surface area contributed by atoms with E-state index in [2.05, 4.69) is 15.0 Å². The monoisotopic (exact) mass is 249 g/mol. The van der Waals surface area contributed by atoms with Gasteiger partial charge in [-0.05, 0) is 11.1 Å². The van der Waals surface area contributed by atoms with Crippen LogP contribution >= 0.6 is 0 Å². The van der Waals surface area contributed by atoms with Crippen molar-refractivity contribution in [2.24, 2.45) is 5.11 Å². The van der Waals surface area contributed by atoms with E-state index in [0.717, 1.165) is 0 Å². The van der Waals surface area contributed by atoms with Gasteiger partial charge in [0.15, 0.2) is 0 Å². The molecule has 1 saturated heterocycles. The Kier molecular flexibility index (Phi) is 2.95. The van der Waals surface area contributed by atoms with Gasteiger partial charge in [-0.2, -0.15) is 0 Å². The molecule has 8 heteroatoms. The Morgan fingerprint density at radius 1 is 1.67 bits per heavy atom. The molecule has 1 N–H and O–H groups in total. The third-order valence-corrected chi connectivity index (χ3v) is 2.89. The maximum absolute atomic E-state index is 10.8. The van der Waals surface area contributed by atoms with Crippen LogP contribution in [0.2, 0.25) is 0 Å². The maximum Gasteiger partial charge on any atom is 0.407 e. The molecule has 2 heterocycles. The second kappa shape index (κ2) is 4.42. The van der Waals surface area contributed by atoms with Crippen molar-refractivity contribution in [1.29, 1.82) is 0 Å². The standard InChI is InChI=1S/C10H11N5O3/c1-18-8-3-2-7(4-12-8)10(13-14-11)5-15(6-10)9(16)17/h2-4H,5-6H2,1H3,(H,16,17). The minimum atomic E-state index is -1.03. The van der Waals surface area contributed by atoms with Crippen molar-refractivity contribution in [3.8, 4) is 5.88 Å². The molecule has 1 aliphatic rings. The Morgan fingerprint density at radius 3 is 2.83 bits per heavy atom. The number of azide groups is 1. The summed E-state index contributed by atoms with van der Waals surface area (Å²) in [6.45, 7) is 0.279. The van der Waals surface area contributed by atoms with Crippen LogP contribution in [-0.2, 0) is 5.54 Å². The van der Waals surface area contributed by atoms with Crippen LogP contribution in [0.3, 0.4) is 0 Å². The number of pyridine rings is 1. The first kappa shape index (κ1) is 12.0. The number of hydrogen-bond donors (Lipinski definition) is 1. The first-order chi connectivity index (χ1) is 8.61. The molecule has 0 radical (unpaired) electrons. The van der Waals surface area contributed by atoms with Crippen LogP contribution < -0.4 is 4.74 Å². The van der Waals surface area contributed by atoms with Gasteiger partial charge < -0.3 is 14.7 Å². The summed E-state index contributed by atoms with van der Waals surface area (Å²) in [5.74, 6) is 0.448. The van der Waals surface area contributed by atoms with Crippen molar-refractivity contribution in [3.05, 3.63) is 34.3 Å². The Balaban J connectivity index is 2.26. The molecule has 8 nitrogen and oxygen atoms in total. The van der Waals surface area contributed by atoms with Gasteiger partial charge in [-0.1, -0.05) is 11.2 Å². The van der Waals surface area contributed by atoms with Crippen molar-refractivity contribution in [2.45, 2.75) is 5.54 Å². The third kappa shape index (κ3) is 1.89. The van der Waals surface area contributed by atoms with Gasteiger partial charge in [0.1, 0.15) is 5.54 Å². The molecule has 0 saturated carbocycles. The molecule has 1 aliphatic heterocycles. The topological polar surface area (TPSA) is 111 Å². The fourth-order valence-electron chi connectivity index (χ4n) is 1.89. The molecule has 1 aromatic rings.